The van der Waals surface area contributed by atoms with E-state index in [1.807, 2.05) is 17.0 Å². The topological polar surface area (TPSA) is 68.1 Å². The zero-order valence-electron chi connectivity index (χ0n) is 21.7. The van der Waals surface area contributed by atoms with Gasteiger partial charge in [-0.05, 0) is 61.6 Å². The third-order valence-corrected chi connectivity index (χ3v) is 7.62. The second-order valence-corrected chi connectivity index (χ2v) is 11.6. The summed E-state index contributed by atoms with van der Waals surface area (Å²) in [4.78, 5) is 27.7. The zero-order valence-corrected chi connectivity index (χ0v) is 21.7. The Kier molecular flexibility index (Phi) is 6.97. The van der Waals surface area contributed by atoms with Crippen molar-refractivity contribution in [3.63, 3.8) is 0 Å². The van der Waals surface area contributed by atoms with Crippen LogP contribution >= 0.6 is 0 Å². The van der Waals surface area contributed by atoms with Crippen molar-refractivity contribution in [3.05, 3.63) is 46.5 Å². The molecule has 2 atom stereocenters. The molecule has 2 fully saturated rings. The van der Waals surface area contributed by atoms with Crippen LogP contribution in [0.4, 0.5) is 0 Å². The largest absolute Gasteiger partial charge is 0.341 e. The number of Topliss-reactive ketones (excluding diaryl/α,β-unsaturated/α-hetero) is 1. The van der Waals surface area contributed by atoms with E-state index in [1.165, 1.54) is 11.1 Å². The number of ketones is 1. The molecule has 2 aromatic rings. The molecule has 34 heavy (non-hydrogen) atoms. The monoisotopic (exact) mass is 464 g/mol. The number of carbonyl (C=O) groups is 2. The molecule has 2 aliphatic rings. The molecule has 1 amide bonds. The van der Waals surface area contributed by atoms with E-state index in [1.54, 1.807) is 6.92 Å². The van der Waals surface area contributed by atoms with E-state index in [0.29, 0.717) is 31.0 Å². The van der Waals surface area contributed by atoms with Gasteiger partial charge < -0.3 is 9.47 Å². The lowest BCUT2D eigenvalue weighted by Gasteiger charge is -2.20. The fraction of sp³-hybridized carbons (Fsp3) is 0.643. The first-order chi connectivity index (χ1) is 16.0. The van der Waals surface area contributed by atoms with Gasteiger partial charge in [0.15, 0.2) is 0 Å². The number of hydrogen-bond acceptors (Lipinski definition) is 4. The Labute approximate surface area is 204 Å². The summed E-state index contributed by atoms with van der Waals surface area (Å²) in [5.41, 5.74) is 3.76. The SMILES string of the molecule is CC(=O)N1C[C@H](C(=O)Cc2cccc(C)c2C)[C@@H](c2nnc(CCCC(C)(C)C)n2C2CC2)C1. The quantitative estimate of drug-likeness (QED) is 0.553. The Hall–Kier alpha value is -2.50. The summed E-state index contributed by atoms with van der Waals surface area (Å²) in [7, 11) is 0. The van der Waals surface area contributed by atoms with Crippen molar-refractivity contribution >= 4 is 11.7 Å². The van der Waals surface area contributed by atoms with Crippen LogP contribution in [0.1, 0.15) is 93.7 Å². The van der Waals surface area contributed by atoms with E-state index in [-0.39, 0.29) is 23.5 Å². The second kappa shape index (κ2) is 9.63. The number of rotatable bonds is 8. The van der Waals surface area contributed by atoms with Crippen molar-refractivity contribution in [1.29, 1.82) is 0 Å². The molecule has 1 aliphatic heterocycles. The average molecular weight is 465 g/mol. The molecule has 0 bridgehead atoms. The summed E-state index contributed by atoms with van der Waals surface area (Å²) >= 11 is 0. The lowest BCUT2D eigenvalue weighted by Crippen LogP contribution is -2.28. The van der Waals surface area contributed by atoms with Crippen LogP contribution in [0.3, 0.4) is 0 Å². The molecule has 4 rings (SSSR count). The highest BCUT2D eigenvalue weighted by atomic mass is 16.2. The summed E-state index contributed by atoms with van der Waals surface area (Å²) in [6.45, 7) is 13.6. The van der Waals surface area contributed by atoms with Crippen molar-refractivity contribution in [3.8, 4) is 0 Å². The van der Waals surface area contributed by atoms with Gasteiger partial charge in [-0.25, -0.2) is 0 Å². The van der Waals surface area contributed by atoms with Gasteiger partial charge in [-0.1, -0.05) is 39.0 Å². The minimum atomic E-state index is -0.243. The van der Waals surface area contributed by atoms with Crippen molar-refractivity contribution in [2.24, 2.45) is 11.3 Å². The molecular formula is C28H40N4O2. The van der Waals surface area contributed by atoms with Gasteiger partial charge in [-0.2, -0.15) is 0 Å². The molecule has 0 unspecified atom stereocenters. The molecule has 1 aromatic carbocycles. The molecule has 0 spiro atoms. The number of aromatic nitrogens is 3. The van der Waals surface area contributed by atoms with Crippen molar-refractivity contribution in [2.75, 3.05) is 13.1 Å². The maximum Gasteiger partial charge on any atom is 0.219 e. The summed E-state index contributed by atoms with van der Waals surface area (Å²) < 4.78 is 2.33. The number of benzene rings is 1. The molecule has 1 saturated heterocycles. The van der Waals surface area contributed by atoms with Gasteiger partial charge in [0, 0.05) is 50.7 Å². The van der Waals surface area contributed by atoms with E-state index in [4.69, 9.17) is 0 Å². The lowest BCUT2D eigenvalue weighted by atomic mass is 9.87. The maximum absolute atomic E-state index is 13.6. The highest BCUT2D eigenvalue weighted by molar-refractivity contribution is 5.86. The van der Waals surface area contributed by atoms with Gasteiger partial charge in [0.1, 0.15) is 17.4 Å². The first-order valence-corrected chi connectivity index (χ1v) is 12.8. The van der Waals surface area contributed by atoms with Crippen molar-refractivity contribution in [2.45, 2.75) is 92.0 Å². The van der Waals surface area contributed by atoms with E-state index in [2.05, 4.69) is 55.4 Å². The Morgan fingerprint density at radius 1 is 1.09 bits per heavy atom. The fourth-order valence-corrected chi connectivity index (χ4v) is 5.24. The van der Waals surface area contributed by atoms with Crippen LogP contribution in [0, 0.1) is 25.2 Å². The van der Waals surface area contributed by atoms with Gasteiger partial charge in [0.05, 0.1) is 0 Å². The molecule has 0 N–H and O–H groups in total. The van der Waals surface area contributed by atoms with Gasteiger partial charge in [0.25, 0.3) is 0 Å². The van der Waals surface area contributed by atoms with Crippen LogP contribution < -0.4 is 0 Å². The summed E-state index contributed by atoms with van der Waals surface area (Å²) in [6, 6.07) is 6.59. The van der Waals surface area contributed by atoms with Crippen LogP contribution in [0.25, 0.3) is 0 Å². The Morgan fingerprint density at radius 2 is 1.82 bits per heavy atom. The van der Waals surface area contributed by atoms with E-state index in [9.17, 15) is 9.59 Å². The van der Waals surface area contributed by atoms with Gasteiger partial charge in [-0.3, -0.25) is 9.59 Å². The first-order valence-electron chi connectivity index (χ1n) is 12.8. The molecule has 0 radical (unpaired) electrons. The maximum atomic E-state index is 13.6. The van der Waals surface area contributed by atoms with Crippen molar-refractivity contribution < 1.29 is 9.59 Å². The fourth-order valence-electron chi connectivity index (χ4n) is 5.24. The minimum absolute atomic E-state index is 0.0231. The van der Waals surface area contributed by atoms with Gasteiger partial charge in [0.2, 0.25) is 5.91 Å². The third-order valence-electron chi connectivity index (χ3n) is 7.62. The number of aryl methyl sites for hydroxylation is 2. The highest BCUT2D eigenvalue weighted by Crippen LogP contribution is 2.42. The molecule has 1 aromatic heterocycles. The smallest absolute Gasteiger partial charge is 0.219 e. The number of likely N-dealkylation sites (tertiary alicyclic amines) is 1. The standard InChI is InChI=1S/C28H40N4O2/c1-18-9-7-10-21(19(18)2)15-25(34)23-16-31(20(3)33)17-24(23)27-30-29-26(32(27)22-12-13-22)11-8-14-28(4,5)6/h7,9-10,22-24H,8,11-17H2,1-6H3/t23-,24-/m0/s1. The van der Waals surface area contributed by atoms with Crippen LogP contribution in [0.5, 0.6) is 0 Å². The molecule has 2 heterocycles. The summed E-state index contributed by atoms with van der Waals surface area (Å²) in [6.07, 6.45) is 5.80. The zero-order chi connectivity index (χ0) is 24.6. The second-order valence-electron chi connectivity index (χ2n) is 11.6. The van der Waals surface area contributed by atoms with Gasteiger partial charge >= 0.3 is 0 Å². The molecule has 1 saturated carbocycles. The molecular weight excluding hydrogens is 424 g/mol. The van der Waals surface area contributed by atoms with Crippen LogP contribution in [0.2, 0.25) is 0 Å². The summed E-state index contributed by atoms with van der Waals surface area (Å²) in [5.74, 6) is 1.84. The minimum Gasteiger partial charge on any atom is -0.341 e. The summed E-state index contributed by atoms with van der Waals surface area (Å²) in [5, 5.41) is 9.28. The Morgan fingerprint density at radius 3 is 2.47 bits per heavy atom. The molecule has 184 valence electrons. The predicted molar refractivity (Wildman–Crippen MR) is 134 cm³/mol. The van der Waals surface area contributed by atoms with Crippen LogP contribution in [-0.4, -0.2) is 44.4 Å². The number of nitrogens with zero attached hydrogens (tertiary/aromatic N) is 4. The van der Waals surface area contributed by atoms with Gasteiger partial charge in [-0.15, -0.1) is 10.2 Å². The van der Waals surface area contributed by atoms with E-state index >= 15 is 0 Å². The van der Waals surface area contributed by atoms with E-state index < -0.39 is 0 Å². The third kappa shape index (κ3) is 5.42. The van der Waals surface area contributed by atoms with Crippen LogP contribution in [0.15, 0.2) is 18.2 Å². The molecule has 1 aliphatic carbocycles. The van der Waals surface area contributed by atoms with Crippen molar-refractivity contribution in [1.82, 2.24) is 19.7 Å². The average Bonchev–Trinajstić information content (AvgIpc) is 3.34. The highest BCUT2D eigenvalue weighted by Gasteiger charge is 2.43. The normalized spacial score (nSPS) is 20.7. The lowest BCUT2D eigenvalue weighted by molar-refractivity contribution is -0.128. The Bertz CT molecular complexity index is 1060. The Balaban J connectivity index is 1.60. The first kappa shape index (κ1) is 24.6. The van der Waals surface area contributed by atoms with E-state index in [0.717, 1.165) is 49.3 Å². The number of carbonyl (C=O) groups excluding carboxylic acids is 2. The van der Waals surface area contributed by atoms with Crippen LogP contribution in [-0.2, 0) is 22.4 Å². The molecule has 6 heteroatoms. The number of amides is 1. The molecule has 6 nitrogen and oxygen atoms in total. The predicted octanol–water partition coefficient (Wildman–Crippen LogP) is 4.97. The number of hydrogen-bond donors (Lipinski definition) is 0.